The third-order valence-electron chi connectivity index (χ3n) is 4.72. The first-order chi connectivity index (χ1) is 11.3. The maximum atomic E-state index is 12.3. The van der Waals surface area contributed by atoms with Gasteiger partial charge < -0.3 is 10.1 Å². The number of rotatable bonds is 4. The molecule has 0 unspecified atom stereocenters. The molecule has 3 rings (SSSR count). The molecule has 1 aliphatic heterocycles. The van der Waals surface area contributed by atoms with Crippen LogP contribution in [0.15, 0.2) is 42.6 Å². The lowest BCUT2D eigenvalue weighted by molar-refractivity contribution is 0.0458. The molecular formula is C18H22N4O2. The van der Waals surface area contributed by atoms with E-state index in [2.05, 4.69) is 15.3 Å². The van der Waals surface area contributed by atoms with Gasteiger partial charge in [-0.25, -0.2) is 9.78 Å². The van der Waals surface area contributed by atoms with Crippen LogP contribution < -0.4 is 10.2 Å². The van der Waals surface area contributed by atoms with Crippen LogP contribution in [0.4, 0.5) is 16.6 Å². The highest BCUT2D eigenvalue weighted by molar-refractivity contribution is 5.91. The molecule has 126 valence electrons. The smallest absolute Gasteiger partial charge is 0.416 e. The summed E-state index contributed by atoms with van der Waals surface area (Å²) in [5.74, 6) is 1.01. The van der Waals surface area contributed by atoms with Crippen LogP contribution in [-0.4, -0.2) is 27.2 Å². The van der Waals surface area contributed by atoms with E-state index in [4.69, 9.17) is 4.74 Å². The van der Waals surface area contributed by atoms with Gasteiger partial charge >= 0.3 is 6.09 Å². The second kappa shape index (κ2) is 5.78. The largest absolute Gasteiger partial charge is 0.441 e. The first-order valence-corrected chi connectivity index (χ1v) is 7.95. The van der Waals surface area contributed by atoms with Gasteiger partial charge in [0.05, 0.1) is 5.54 Å². The van der Waals surface area contributed by atoms with Crippen molar-refractivity contribution in [1.29, 1.82) is 0 Å². The third-order valence-corrected chi connectivity index (χ3v) is 4.72. The van der Waals surface area contributed by atoms with Crippen LogP contribution in [0.2, 0.25) is 0 Å². The Labute approximate surface area is 141 Å². The van der Waals surface area contributed by atoms with E-state index in [-0.39, 0.29) is 0 Å². The number of anilines is 2. The lowest BCUT2D eigenvalue weighted by Gasteiger charge is -2.36. The highest BCUT2D eigenvalue weighted by Gasteiger charge is 2.55. The first kappa shape index (κ1) is 16.2. The zero-order chi connectivity index (χ0) is 17.4. The fourth-order valence-electron chi connectivity index (χ4n) is 2.60. The number of amides is 1. The molecule has 1 fully saturated rings. The predicted molar refractivity (Wildman–Crippen MR) is 92.9 cm³/mol. The summed E-state index contributed by atoms with van der Waals surface area (Å²) in [5.41, 5.74) is 0.00970. The number of cyclic esters (lactones) is 1. The second-order valence-corrected chi connectivity index (χ2v) is 6.85. The lowest BCUT2D eigenvalue weighted by atomic mass is 9.85. The van der Waals surface area contributed by atoms with Gasteiger partial charge in [-0.05, 0) is 39.3 Å². The van der Waals surface area contributed by atoms with Crippen molar-refractivity contribution in [3.05, 3.63) is 48.2 Å². The van der Waals surface area contributed by atoms with Crippen molar-refractivity contribution in [1.82, 2.24) is 9.97 Å². The molecule has 0 radical (unpaired) electrons. The zero-order valence-electron chi connectivity index (χ0n) is 14.4. The van der Waals surface area contributed by atoms with E-state index in [9.17, 15) is 4.79 Å². The molecule has 0 atom stereocenters. The van der Waals surface area contributed by atoms with E-state index >= 15 is 0 Å². The summed E-state index contributed by atoms with van der Waals surface area (Å²) in [6, 6.07) is 11.7. The van der Waals surface area contributed by atoms with Gasteiger partial charge in [-0.3, -0.25) is 4.90 Å². The van der Waals surface area contributed by atoms with E-state index in [1.807, 2.05) is 58.0 Å². The van der Waals surface area contributed by atoms with Crippen molar-refractivity contribution in [3.63, 3.8) is 0 Å². The Hall–Kier alpha value is -2.63. The van der Waals surface area contributed by atoms with Gasteiger partial charge in [-0.1, -0.05) is 30.3 Å². The SMILES string of the molecule is CC1(C)OC(=O)N(c2ccnc(NCc3ccccc3)n2)C1(C)C. The number of carbonyl (C=O) groups is 1. The van der Waals surface area contributed by atoms with Gasteiger partial charge in [0.15, 0.2) is 0 Å². The Balaban J connectivity index is 1.82. The van der Waals surface area contributed by atoms with E-state index < -0.39 is 17.2 Å². The Morgan fingerprint density at radius 2 is 1.83 bits per heavy atom. The molecule has 1 amide bonds. The molecule has 1 aliphatic rings. The summed E-state index contributed by atoms with van der Waals surface area (Å²) in [4.78, 5) is 22.6. The van der Waals surface area contributed by atoms with Crippen molar-refractivity contribution in [3.8, 4) is 0 Å². The molecule has 0 aliphatic carbocycles. The minimum absolute atomic E-state index is 0.391. The van der Waals surface area contributed by atoms with Crippen molar-refractivity contribution in [2.45, 2.75) is 45.4 Å². The molecule has 1 N–H and O–H groups in total. The topological polar surface area (TPSA) is 67.3 Å². The summed E-state index contributed by atoms with van der Waals surface area (Å²) < 4.78 is 5.51. The average molecular weight is 326 g/mol. The van der Waals surface area contributed by atoms with E-state index in [1.54, 1.807) is 17.2 Å². The van der Waals surface area contributed by atoms with Crippen molar-refractivity contribution in [2.75, 3.05) is 10.2 Å². The standard InChI is InChI=1S/C18H22N4O2/c1-17(2)18(3,4)24-16(23)22(17)14-10-11-19-15(21-14)20-12-13-8-6-5-7-9-13/h5-11H,12H2,1-4H3,(H,19,20,21). The fraction of sp³-hybridized carbons (Fsp3) is 0.389. The van der Waals surface area contributed by atoms with Crippen LogP contribution in [0.25, 0.3) is 0 Å². The first-order valence-electron chi connectivity index (χ1n) is 7.95. The van der Waals surface area contributed by atoms with E-state index in [0.29, 0.717) is 18.3 Å². The highest BCUT2D eigenvalue weighted by atomic mass is 16.6. The molecule has 1 aromatic carbocycles. The summed E-state index contributed by atoms with van der Waals surface area (Å²) >= 11 is 0. The van der Waals surface area contributed by atoms with Gasteiger partial charge in [-0.15, -0.1) is 0 Å². The van der Waals surface area contributed by atoms with Crippen molar-refractivity contribution < 1.29 is 9.53 Å². The van der Waals surface area contributed by atoms with Gasteiger partial charge in [0.25, 0.3) is 0 Å². The van der Waals surface area contributed by atoms with E-state index in [0.717, 1.165) is 5.56 Å². The van der Waals surface area contributed by atoms with Crippen LogP contribution in [0.3, 0.4) is 0 Å². The lowest BCUT2D eigenvalue weighted by Crippen LogP contribution is -2.51. The second-order valence-electron chi connectivity index (χ2n) is 6.85. The minimum Gasteiger partial charge on any atom is -0.441 e. The number of hydrogen-bond donors (Lipinski definition) is 1. The monoisotopic (exact) mass is 326 g/mol. The van der Waals surface area contributed by atoms with Gasteiger partial charge in [0.2, 0.25) is 5.95 Å². The number of aromatic nitrogens is 2. The Morgan fingerprint density at radius 1 is 1.12 bits per heavy atom. The highest BCUT2D eigenvalue weighted by Crippen LogP contribution is 2.41. The molecule has 1 saturated heterocycles. The summed E-state index contributed by atoms with van der Waals surface area (Å²) in [7, 11) is 0. The quantitative estimate of drug-likeness (QED) is 0.930. The predicted octanol–water partition coefficient (Wildman–Crippen LogP) is 3.60. The van der Waals surface area contributed by atoms with Crippen LogP contribution in [0.1, 0.15) is 33.3 Å². The van der Waals surface area contributed by atoms with Crippen LogP contribution >= 0.6 is 0 Å². The summed E-state index contributed by atoms with van der Waals surface area (Å²) in [5, 5.41) is 3.19. The van der Waals surface area contributed by atoms with Crippen LogP contribution in [-0.2, 0) is 11.3 Å². The third kappa shape index (κ3) is 2.79. The Bertz CT molecular complexity index is 744. The van der Waals surface area contributed by atoms with Crippen LogP contribution in [0.5, 0.6) is 0 Å². The number of ether oxygens (including phenoxy) is 1. The minimum atomic E-state index is -0.605. The number of nitrogens with zero attached hydrogens (tertiary/aromatic N) is 3. The normalized spacial score (nSPS) is 18.3. The summed E-state index contributed by atoms with van der Waals surface area (Å²) in [6.07, 6.45) is 1.25. The fourth-order valence-corrected chi connectivity index (χ4v) is 2.60. The summed E-state index contributed by atoms with van der Waals surface area (Å²) in [6.45, 7) is 8.36. The molecule has 24 heavy (non-hydrogen) atoms. The molecule has 1 aromatic heterocycles. The molecule has 0 spiro atoms. The van der Waals surface area contributed by atoms with Gasteiger partial charge in [0.1, 0.15) is 11.4 Å². The molecule has 6 nitrogen and oxygen atoms in total. The van der Waals surface area contributed by atoms with E-state index in [1.165, 1.54) is 0 Å². The Morgan fingerprint density at radius 3 is 2.46 bits per heavy atom. The average Bonchev–Trinajstić information content (AvgIpc) is 2.70. The zero-order valence-corrected chi connectivity index (χ0v) is 14.4. The molecule has 0 saturated carbocycles. The van der Waals surface area contributed by atoms with Crippen LogP contribution in [0, 0.1) is 0 Å². The van der Waals surface area contributed by atoms with Crippen molar-refractivity contribution in [2.24, 2.45) is 0 Å². The molecule has 0 bridgehead atoms. The maximum absolute atomic E-state index is 12.3. The van der Waals surface area contributed by atoms with Gasteiger partial charge in [-0.2, -0.15) is 4.98 Å². The number of carbonyl (C=O) groups excluding carboxylic acids is 1. The maximum Gasteiger partial charge on any atom is 0.416 e. The molecule has 2 aromatic rings. The molecule has 2 heterocycles. The van der Waals surface area contributed by atoms with Gasteiger partial charge in [0, 0.05) is 12.7 Å². The molecule has 6 heteroatoms. The Kier molecular flexibility index (Phi) is 3.91. The molecular weight excluding hydrogens is 304 g/mol. The number of nitrogens with one attached hydrogen (secondary N) is 1. The number of hydrogen-bond acceptors (Lipinski definition) is 5. The number of benzene rings is 1. The van der Waals surface area contributed by atoms with Crippen molar-refractivity contribution >= 4 is 17.9 Å².